The number of hydrogen-bond donors (Lipinski definition) is 1. The van der Waals surface area contributed by atoms with Crippen molar-refractivity contribution >= 4 is 23.4 Å². The number of likely N-dealkylation sites (tertiary alicyclic amines) is 1. The molecular formula is C19H17ClN2O2. The zero-order valence-corrected chi connectivity index (χ0v) is 13.8. The van der Waals surface area contributed by atoms with Gasteiger partial charge in [0.25, 0.3) is 5.91 Å². The van der Waals surface area contributed by atoms with Gasteiger partial charge in [0.05, 0.1) is 5.54 Å². The maximum atomic E-state index is 12.6. The molecule has 0 atom stereocenters. The fourth-order valence-corrected chi connectivity index (χ4v) is 3.81. The molecule has 2 saturated heterocycles. The Morgan fingerprint density at radius 3 is 2.50 bits per heavy atom. The highest BCUT2D eigenvalue weighted by molar-refractivity contribution is 6.33. The number of rotatable bonds is 2. The van der Waals surface area contributed by atoms with Gasteiger partial charge < -0.3 is 10.2 Å². The molecule has 4 nitrogen and oxygen atoms in total. The molecule has 122 valence electrons. The van der Waals surface area contributed by atoms with Crippen LogP contribution in [0.5, 0.6) is 0 Å². The van der Waals surface area contributed by atoms with E-state index in [4.69, 9.17) is 11.6 Å². The van der Waals surface area contributed by atoms with Crippen LogP contribution in [0, 0.1) is 0 Å². The zero-order valence-electron chi connectivity index (χ0n) is 13.1. The second-order valence-electron chi connectivity index (χ2n) is 6.55. The van der Waals surface area contributed by atoms with Crippen LogP contribution in [0.4, 0.5) is 0 Å². The van der Waals surface area contributed by atoms with Gasteiger partial charge in [-0.2, -0.15) is 0 Å². The van der Waals surface area contributed by atoms with Gasteiger partial charge in [-0.05, 0) is 24.1 Å². The monoisotopic (exact) mass is 340 g/mol. The minimum absolute atomic E-state index is 0.0386. The van der Waals surface area contributed by atoms with Gasteiger partial charge in [0.15, 0.2) is 0 Å². The molecule has 2 aliphatic heterocycles. The van der Waals surface area contributed by atoms with Crippen LogP contribution < -0.4 is 5.32 Å². The number of hydrogen-bond acceptors (Lipinski definition) is 2. The molecule has 0 radical (unpaired) electrons. The normalized spacial score (nSPS) is 18.4. The summed E-state index contributed by atoms with van der Waals surface area (Å²) in [6, 6.07) is 15.3. The van der Waals surface area contributed by atoms with Crippen LogP contribution in [-0.2, 0) is 4.79 Å². The summed E-state index contributed by atoms with van der Waals surface area (Å²) in [5, 5.41) is 3.55. The smallest absolute Gasteiger partial charge is 0.254 e. The molecule has 0 aromatic heterocycles. The van der Waals surface area contributed by atoms with E-state index in [1.807, 2.05) is 42.5 Å². The van der Waals surface area contributed by atoms with Crippen molar-refractivity contribution in [3.05, 3.63) is 59.1 Å². The van der Waals surface area contributed by atoms with Crippen molar-refractivity contribution in [2.75, 3.05) is 13.1 Å². The Labute approximate surface area is 145 Å². The number of halogens is 1. The first-order valence-corrected chi connectivity index (χ1v) is 8.39. The van der Waals surface area contributed by atoms with Crippen LogP contribution >= 0.6 is 11.6 Å². The largest absolute Gasteiger partial charge is 0.347 e. The molecule has 4 rings (SSSR count). The number of carbonyl (C=O) groups excluding carboxylic acids is 2. The Bertz CT molecular complexity index is 813. The minimum atomic E-state index is -0.194. The molecule has 2 aliphatic rings. The average molecular weight is 341 g/mol. The van der Waals surface area contributed by atoms with E-state index >= 15 is 0 Å². The van der Waals surface area contributed by atoms with Gasteiger partial charge >= 0.3 is 0 Å². The summed E-state index contributed by atoms with van der Waals surface area (Å²) in [5.74, 6) is 0.0423. The maximum Gasteiger partial charge on any atom is 0.254 e. The van der Waals surface area contributed by atoms with E-state index in [0.29, 0.717) is 30.1 Å². The number of nitrogens with one attached hydrogen (secondary N) is 1. The summed E-state index contributed by atoms with van der Waals surface area (Å²) in [7, 11) is 0. The lowest BCUT2D eigenvalue weighted by Gasteiger charge is -2.47. The Balaban J connectivity index is 1.50. The molecule has 2 amide bonds. The summed E-state index contributed by atoms with van der Waals surface area (Å²) < 4.78 is 0. The minimum Gasteiger partial charge on any atom is -0.347 e. The van der Waals surface area contributed by atoms with Crippen LogP contribution in [0.25, 0.3) is 11.1 Å². The van der Waals surface area contributed by atoms with Gasteiger partial charge in [0.1, 0.15) is 0 Å². The first-order valence-electron chi connectivity index (χ1n) is 8.02. The van der Waals surface area contributed by atoms with Gasteiger partial charge in [0, 0.05) is 35.7 Å². The number of benzene rings is 2. The number of nitrogens with zero attached hydrogens (tertiary/aromatic N) is 1. The molecule has 0 bridgehead atoms. The molecule has 0 unspecified atom stereocenters. The van der Waals surface area contributed by atoms with Gasteiger partial charge in [-0.15, -0.1) is 0 Å². The third-order valence-electron chi connectivity index (χ3n) is 4.81. The van der Waals surface area contributed by atoms with E-state index in [9.17, 15) is 9.59 Å². The highest BCUT2D eigenvalue weighted by Crippen LogP contribution is 2.33. The van der Waals surface area contributed by atoms with Crippen LogP contribution in [0.1, 0.15) is 23.2 Å². The number of carbonyl (C=O) groups is 2. The molecule has 2 aromatic carbocycles. The molecule has 1 spiro atoms. The van der Waals surface area contributed by atoms with Crippen LogP contribution in [0.2, 0.25) is 5.02 Å². The predicted molar refractivity (Wildman–Crippen MR) is 92.9 cm³/mol. The zero-order chi connectivity index (χ0) is 16.7. The van der Waals surface area contributed by atoms with E-state index in [-0.39, 0.29) is 17.4 Å². The summed E-state index contributed by atoms with van der Waals surface area (Å²) in [5.41, 5.74) is 2.33. The van der Waals surface area contributed by atoms with Gasteiger partial charge in [0.2, 0.25) is 5.91 Å². The second kappa shape index (κ2) is 5.64. The molecule has 2 aromatic rings. The first-order chi connectivity index (χ1) is 11.6. The van der Waals surface area contributed by atoms with Crippen molar-refractivity contribution in [1.29, 1.82) is 0 Å². The Kier molecular flexibility index (Phi) is 3.57. The lowest BCUT2D eigenvalue weighted by molar-refractivity contribution is -0.120. The maximum absolute atomic E-state index is 12.6. The fraction of sp³-hybridized carbons (Fsp3) is 0.263. The molecular weight excluding hydrogens is 324 g/mol. The van der Waals surface area contributed by atoms with Crippen LogP contribution in [0.3, 0.4) is 0 Å². The summed E-state index contributed by atoms with van der Waals surface area (Å²) in [4.78, 5) is 25.7. The molecule has 2 fully saturated rings. The first kappa shape index (κ1) is 15.2. The van der Waals surface area contributed by atoms with Crippen molar-refractivity contribution in [3.63, 3.8) is 0 Å². The molecule has 2 heterocycles. The lowest BCUT2D eigenvalue weighted by atomic mass is 9.87. The van der Waals surface area contributed by atoms with E-state index in [1.54, 1.807) is 11.0 Å². The van der Waals surface area contributed by atoms with Crippen molar-refractivity contribution in [1.82, 2.24) is 10.2 Å². The van der Waals surface area contributed by atoms with Crippen molar-refractivity contribution < 1.29 is 9.59 Å². The van der Waals surface area contributed by atoms with Gasteiger partial charge in [-0.25, -0.2) is 0 Å². The van der Waals surface area contributed by atoms with Crippen molar-refractivity contribution in [2.45, 2.75) is 18.4 Å². The van der Waals surface area contributed by atoms with E-state index in [2.05, 4.69) is 5.32 Å². The Hall–Kier alpha value is -2.33. The standard InChI is InChI=1S/C19H17ClN2O2/c20-16-10-14(6-7-15(16)13-4-2-1-3-5-13)18(24)22-11-19(12-22)9-8-17(23)21-19/h1-7,10H,8-9,11-12H2,(H,21,23). The molecule has 24 heavy (non-hydrogen) atoms. The average Bonchev–Trinajstić information content (AvgIpc) is 2.96. The molecule has 0 saturated carbocycles. The van der Waals surface area contributed by atoms with Crippen LogP contribution in [-0.4, -0.2) is 35.3 Å². The van der Waals surface area contributed by atoms with Gasteiger partial charge in [-0.3, -0.25) is 9.59 Å². The molecule has 0 aliphatic carbocycles. The highest BCUT2D eigenvalue weighted by atomic mass is 35.5. The lowest BCUT2D eigenvalue weighted by Crippen LogP contribution is -2.68. The third-order valence-corrected chi connectivity index (χ3v) is 5.12. The predicted octanol–water partition coefficient (Wildman–Crippen LogP) is 3.11. The topological polar surface area (TPSA) is 49.4 Å². The summed E-state index contributed by atoms with van der Waals surface area (Å²) >= 11 is 6.39. The van der Waals surface area contributed by atoms with Crippen LogP contribution in [0.15, 0.2) is 48.5 Å². The van der Waals surface area contributed by atoms with Gasteiger partial charge in [-0.1, -0.05) is 48.0 Å². The Morgan fingerprint density at radius 1 is 1.12 bits per heavy atom. The SMILES string of the molecule is O=C1CCC2(CN(C(=O)c3ccc(-c4ccccc4)c(Cl)c3)C2)N1. The summed E-state index contributed by atoms with van der Waals surface area (Å²) in [6.45, 7) is 1.16. The van der Waals surface area contributed by atoms with E-state index in [1.165, 1.54) is 0 Å². The van der Waals surface area contributed by atoms with Crippen molar-refractivity contribution in [2.24, 2.45) is 0 Å². The fourth-order valence-electron chi connectivity index (χ4n) is 3.52. The number of amides is 2. The summed E-state index contributed by atoms with van der Waals surface area (Å²) in [6.07, 6.45) is 1.36. The highest BCUT2D eigenvalue weighted by Gasteiger charge is 2.49. The third kappa shape index (κ3) is 2.57. The quantitative estimate of drug-likeness (QED) is 0.913. The van der Waals surface area contributed by atoms with E-state index in [0.717, 1.165) is 17.5 Å². The van der Waals surface area contributed by atoms with E-state index < -0.39 is 0 Å². The molecule has 1 N–H and O–H groups in total. The molecule has 5 heteroatoms. The Morgan fingerprint density at radius 2 is 1.88 bits per heavy atom. The second-order valence-corrected chi connectivity index (χ2v) is 6.96. The van der Waals surface area contributed by atoms with Crippen molar-refractivity contribution in [3.8, 4) is 11.1 Å².